The van der Waals surface area contributed by atoms with E-state index in [1.165, 1.54) is 0 Å². The summed E-state index contributed by atoms with van der Waals surface area (Å²) in [6.45, 7) is 5.87. The largest absolute Gasteiger partial charge is 0.461 e. The zero-order valence-electron chi connectivity index (χ0n) is 29.4. The van der Waals surface area contributed by atoms with Gasteiger partial charge in [-0.15, -0.1) is 11.3 Å². The van der Waals surface area contributed by atoms with E-state index >= 15 is 17.6 Å². The Morgan fingerprint density at radius 2 is 1.96 bits per heavy atom. The van der Waals surface area contributed by atoms with Gasteiger partial charge >= 0.3 is 18.2 Å². The first-order chi connectivity index (χ1) is 25.2. The number of alkyl halides is 4. The lowest BCUT2D eigenvalue weighted by molar-refractivity contribution is -0.137. The molecule has 2 amide bonds. The minimum Gasteiger partial charge on any atom is -0.461 e. The Balaban J connectivity index is 1.43. The van der Waals surface area contributed by atoms with Crippen LogP contribution in [0.5, 0.6) is 6.01 Å². The number of likely N-dealkylation sites (N-methyl/N-ethyl adjacent to an activating group) is 1. The number of halogens is 6. The van der Waals surface area contributed by atoms with E-state index in [0.29, 0.717) is 43.8 Å². The smallest absolute Gasteiger partial charge is 0.417 e. The minimum atomic E-state index is -5.12. The number of carbonyl (C=O) groups excluding carboxylic acids is 1. The summed E-state index contributed by atoms with van der Waals surface area (Å²) in [6.07, 6.45) is -4.00. The van der Waals surface area contributed by atoms with E-state index in [1.54, 1.807) is 28.7 Å². The van der Waals surface area contributed by atoms with E-state index in [2.05, 4.69) is 9.97 Å². The van der Waals surface area contributed by atoms with Crippen LogP contribution in [0.2, 0.25) is 0 Å². The molecule has 3 aliphatic rings. The molecule has 0 radical (unpaired) electrons. The lowest BCUT2D eigenvalue weighted by atomic mass is 9.92. The van der Waals surface area contributed by atoms with Crippen molar-refractivity contribution in [3.63, 3.8) is 0 Å². The first-order valence-electron chi connectivity index (χ1n) is 17.5. The molecule has 0 aliphatic carbocycles. The molecule has 0 unspecified atom stereocenters. The van der Waals surface area contributed by atoms with E-state index in [4.69, 9.17) is 10.5 Å². The third kappa shape index (κ3) is 6.23. The Kier molecular flexibility index (Phi) is 9.50. The Labute approximate surface area is 305 Å². The van der Waals surface area contributed by atoms with Crippen molar-refractivity contribution < 1.29 is 35.9 Å². The van der Waals surface area contributed by atoms with Gasteiger partial charge in [0, 0.05) is 68.6 Å². The maximum atomic E-state index is 17.2. The SMILES string of the molecule is CCN(C)C(=O)N1CC[C@H](N(CC)c2nc(OC[C@@]34CCCN3C[C@H](F)C4)nc3c(F)c(-c4ccc(F)c5sc(N)c(C#N)c45)c(C(F)(F)F)cc23)C1. The molecule has 53 heavy (non-hydrogen) atoms. The average Bonchev–Trinajstić information content (AvgIpc) is 3.90. The van der Waals surface area contributed by atoms with Gasteiger partial charge in [0.25, 0.3) is 0 Å². The van der Waals surface area contributed by atoms with Gasteiger partial charge in [-0.25, -0.2) is 18.0 Å². The predicted molar refractivity (Wildman–Crippen MR) is 190 cm³/mol. The predicted octanol–water partition coefficient (Wildman–Crippen LogP) is 7.19. The molecule has 10 nitrogen and oxygen atoms in total. The van der Waals surface area contributed by atoms with Crippen LogP contribution in [-0.2, 0) is 6.18 Å². The second-order valence-corrected chi connectivity index (χ2v) is 15.0. The zero-order valence-corrected chi connectivity index (χ0v) is 30.2. The van der Waals surface area contributed by atoms with Gasteiger partial charge in [0.1, 0.15) is 41.0 Å². The molecule has 7 rings (SSSR count). The van der Waals surface area contributed by atoms with Crippen LogP contribution in [0, 0.1) is 23.0 Å². The summed E-state index contributed by atoms with van der Waals surface area (Å²) in [5.74, 6) is -2.23. The number of nitrogens with two attached hydrogens (primary N) is 1. The Hall–Kier alpha value is -4.56. The summed E-state index contributed by atoms with van der Waals surface area (Å²) in [5, 5.41) is 9.25. The van der Waals surface area contributed by atoms with Crippen molar-refractivity contribution in [3.05, 3.63) is 41.0 Å². The fraction of sp³-hybridized carbons (Fsp3) is 0.500. The number of hydrogen-bond acceptors (Lipinski definition) is 9. The van der Waals surface area contributed by atoms with Crippen LogP contribution in [0.4, 0.5) is 42.0 Å². The number of nitrogen functional groups attached to an aromatic ring is 1. The van der Waals surface area contributed by atoms with Crippen molar-refractivity contribution in [2.75, 3.05) is 63.6 Å². The molecule has 282 valence electrons. The fourth-order valence-corrected chi connectivity index (χ4v) is 9.19. The maximum Gasteiger partial charge on any atom is 0.417 e. The highest BCUT2D eigenvalue weighted by molar-refractivity contribution is 7.23. The Morgan fingerprint density at radius 3 is 2.66 bits per heavy atom. The number of hydrogen-bond donors (Lipinski definition) is 1. The number of rotatable bonds is 8. The van der Waals surface area contributed by atoms with Gasteiger partial charge in [-0.3, -0.25) is 4.90 Å². The number of aromatic nitrogens is 2. The van der Waals surface area contributed by atoms with Crippen LogP contribution in [0.15, 0.2) is 18.2 Å². The number of thiophene rings is 1. The Morgan fingerprint density at radius 1 is 1.19 bits per heavy atom. The molecule has 3 fully saturated rings. The second kappa shape index (κ2) is 13.7. The molecule has 17 heteroatoms. The topological polar surface area (TPSA) is 115 Å². The van der Waals surface area contributed by atoms with E-state index in [9.17, 15) is 18.8 Å². The lowest BCUT2D eigenvalue weighted by Gasteiger charge is -2.32. The van der Waals surface area contributed by atoms with Gasteiger partial charge < -0.3 is 25.2 Å². The summed E-state index contributed by atoms with van der Waals surface area (Å²) in [6, 6.07) is 3.61. The summed E-state index contributed by atoms with van der Waals surface area (Å²) >= 11 is 0.681. The maximum absolute atomic E-state index is 17.2. The van der Waals surface area contributed by atoms with Crippen molar-refractivity contribution in [3.8, 4) is 23.2 Å². The van der Waals surface area contributed by atoms with Gasteiger partial charge in [0.2, 0.25) is 0 Å². The van der Waals surface area contributed by atoms with E-state index in [1.807, 2.05) is 17.9 Å². The lowest BCUT2D eigenvalue weighted by Crippen LogP contribution is -2.44. The molecule has 0 bridgehead atoms. The number of benzene rings is 2. The summed E-state index contributed by atoms with van der Waals surface area (Å²) in [4.78, 5) is 28.9. The molecule has 2 N–H and O–H groups in total. The molecule has 3 saturated heterocycles. The van der Waals surface area contributed by atoms with Gasteiger partial charge in [-0.1, -0.05) is 6.07 Å². The second-order valence-electron chi connectivity index (χ2n) is 13.9. The van der Waals surface area contributed by atoms with Gasteiger partial charge in [-0.05, 0) is 57.4 Å². The molecule has 4 aromatic rings. The highest BCUT2D eigenvalue weighted by Crippen LogP contribution is 2.48. The number of carbonyl (C=O) groups is 1. The van der Waals surface area contributed by atoms with E-state index in [-0.39, 0.29) is 82.1 Å². The summed E-state index contributed by atoms with van der Waals surface area (Å²) in [7, 11) is 1.67. The standard InChI is InChI=1S/C36H38F6N8O2S/c1-4-47(3)34(51)48-12-9-20(17-48)50(5-2)32-22-13-24(36(40,41)42)27(21-7-8-25(38)30-26(21)23(15-43)31(44)53-30)28(39)29(22)45-33(46-32)52-18-35-10-6-11-49(35)16-19(37)14-35/h7-8,13,19-20H,4-6,9-12,14,16-18,44H2,1-3H3/t19-,20+,35+/m1/s1. The molecule has 3 aliphatic heterocycles. The third-order valence-electron chi connectivity index (χ3n) is 10.9. The molecule has 3 atom stereocenters. The quantitative estimate of drug-likeness (QED) is 0.188. The highest BCUT2D eigenvalue weighted by Gasteiger charge is 2.49. The van der Waals surface area contributed by atoms with Gasteiger partial charge in [0.15, 0.2) is 5.82 Å². The van der Waals surface area contributed by atoms with Crippen LogP contribution in [0.25, 0.3) is 32.1 Å². The number of ether oxygens (including phenoxy) is 1. The zero-order chi connectivity index (χ0) is 38.0. The molecule has 2 aromatic heterocycles. The first kappa shape index (κ1) is 36.8. The van der Waals surface area contributed by atoms with Crippen molar-refractivity contribution in [1.29, 1.82) is 5.26 Å². The highest BCUT2D eigenvalue weighted by atomic mass is 32.1. The van der Waals surface area contributed by atoms with Crippen molar-refractivity contribution in [2.24, 2.45) is 0 Å². The van der Waals surface area contributed by atoms with Crippen LogP contribution < -0.4 is 15.4 Å². The number of nitriles is 1. The number of fused-ring (bicyclic) bond motifs is 3. The van der Waals surface area contributed by atoms with Gasteiger partial charge in [0.05, 0.1) is 21.4 Å². The number of nitrogens with zero attached hydrogens (tertiary/aromatic N) is 7. The average molecular weight is 761 g/mol. The molecule has 5 heterocycles. The molecule has 0 spiro atoms. The first-order valence-corrected chi connectivity index (χ1v) is 18.3. The van der Waals surface area contributed by atoms with Crippen molar-refractivity contribution in [1.82, 2.24) is 24.7 Å². The van der Waals surface area contributed by atoms with Crippen molar-refractivity contribution in [2.45, 2.75) is 63.5 Å². The van der Waals surface area contributed by atoms with Crippen LogP contribution >= 0.6 is 11.3 Å². The van der Waals surface area contributed by atoms with Crippen molar-refractivity contribution >= 4 is 49.2 Å². The summed E-state index contributed by atoms with van der Waals surface area (Å²) in [5.41, 5.74) is 1.90. The molecule has 2 aromatic carbocycles. The normalized spacial score (nSPS) is 21.8. The van der Waals surface area contributed by atoms with Gasteiger partial charge in [-0.2, -0.15) is 28.4 Å². The van der Waals surface area contributed by atoms with Crippen LogP contribution in [0.1, 0.15) is 50.7 Å². The number of anilines is 2. The Bertz CT molecular complexity index is 2140. The minimum absolute atomic E-state index is 0.0209. The number of urea groups is 1. The fourth-order valence-electron chi connectivity index (χ4n) is 8.25. The van der Waals surface area contributed by atoms with E-state index in [0.717, 1.165) is 24.6 Å². The monoisotopic (exact) mass is 760 g/mol. The van der Waals surface area contributed by atoms with Crippen LogP contribution in [-0.4, -0.2) is 101 Å². The van der Waals surface area contributed by atoms with E-state index < -0.39 is 52.2 Å². The summed E-state index contributed by atoms with van der Waals surface area (Å²) < 4.78 is 98.1. The van der Waals surface area contributed by atoms with Crippen LogP contribution in [0.3, 0.4) is 0 Å². The molecular formula is C36H38F6N8O2S. The molecular weight excluding hydrogens is 723 g/mol. The number of amides is 2. The molecule has 0 saturated carbocycles. The third-order valence-corrected chi connectivity index (χ3v) is 11.9. The number of likely N-dealkylation sites (tertiary alicyclic amines) is 1.